The molecule has 4 rings (SSSR count). The van der Waals surface area contributed by atoms with E-state index in [2.05, 4.69) is 10.3 Å². The van der Waals surface area contributed by atoms with Crippen molar-refractivity contribution in [3.05, 3.63) is 53.2 Å². The number of piperazine rings is 1. The lowest BCUT2D eigenvalue weighted by Crippen LogP contribution is -2.51. The van der Waals surface area contributed by atoms with E-state index in [9.17, 15) is 27.6 Å². The van der Waals surface area contributed by atoms with E-state index in [1.54, 1.807) is 23.1 Å². The number of fused-ring (bicyclic) bond motifs is 1. The number of hydrogen-bond acceptors (Lipinski definition) is 5. The zero-order valence-electron chi connectivity index (χ0n) is 17.1. The van der Waals surface area contributed by atoms with Crippen molar-refractivity contribution in [2.75, 3.05) is 36.4 Å². The van der Waals surface area contributed by atoms with Crippen LogP contribution in [0.5, 0.6) is 0 Å². The third-order valence-corrected chi connectivity index (χ3v) is 5.69. The number of halogens is 3. The maximum Gasteiger partial charge on any atom is 0.417 e. The fourth-order valence-electron chi connectivity index (χ4n) is 3.89. The van der Waals surface area contributed by atoms with Crippen LogP contribution in [0.4, 0.5) is 24.7 Å². The Bertz CT molecular complexity index is 1050. The van der Waals surface area contributed by atoms with Gasteiger partial charge in [0, 0.05) is 50.9 Å². The van der Waals surface area contributed by atoms with Gasteiger partial charge in [0.25, 0.3) is 0 Å². The maximum atomic E-state index is 12.7. The molecule has 1 aliphatic heterocycles. The largest absolute Gasteiger partial charge is 0.417 e. The zero-order valence-corrected chi connectivity index (χ0v) is 17.1. The topological polar surface area (TPSA) is 82.6 Å². The number of anilines is 2. The Morgan fingerprint density at radius 2 is 1.72 bits per heavy atom. The highest BCUT2D eigenvalue weighted by Gasteiger charge is 2.31. The Kier molecular flexibility index (Phi) is 5.86. The molecule has 1 saturated heterocycles. The predicted octanol–water partition coefficient (Wildman–Crippen LogP) is 2.45. The molecule has 1 aromatic heterocycles. The average Bonchev–Trinajstić information content (AvgIpc) is 2.78. The molecule has 0 unspecified atom stereocenters. The van der Waals surface area contributed by atoms with Crippen LogP contribution in [0.25, 0.3) is 0 Å². The summed E-state index contributed by atoms with van der Waals surface area (Å²) in [5.74, 6) is -0.840. The summed E-state index contributed by atoms with van der Waals surface area (Å²) in [6, 6.07) is 7.54. The number of carbonyl (C=O) groups is 3. The molecule has 0 bridgehead atoms. The van der Waals surface area contributed by atoms with Crippen LogP contribution >= 0.6 is 0 Å². The van der Waals surface area contributed by atoms with Gasteiger partial charge in [-0.1, -0.05) is 6.07 Å². The van der Waals surface area contributed by atoms with Crippen LogP contribution in [0, 0.1) is 0 Å². The summed E-state index contributed by atoms with van der Waals surface area (Å²) in [7, 11) is 0. The number of ketones is 1. The van der Waals surface area contributed by atoms with Gasteiger partial charge in [0.1, 0.15) is 11.6 Å². The van der Waals surface area contributed by atoms with Crippen LogP contribution in [0.15, 0.2) is 36.5 Å². The molecule has 1 fully saturated rings. The summed E-state index contributed by atoms with van der Waals surface area (Å²) in [4.78, 5) is 43.6. The molecule has 0 saturated carbocycles. The molecule has 2 aliphatic rings. The second kappa shape index (κ2) is 8.60. The molecule has 1 N–H and O–H groups in total. The number of nitrogens with one attached hydrogen (secondary N) is 1. The molecule has 0 radical (unpaired) electrons. The minimum Gasteiger partial charge on any atom is -0.353 e. The zero-order chi connectivity index (χ0) is 22.9. The van der Waals surface area contributed by atoms with Gasteiger partial charge in [-0.2, -0.15) is 13.2 Å². The highest BCUT2D eigenvalue weighted by Crippen LogP contribution is 2.29. The number of rotatable bonds is 2. The van der Waals surface area contributed by atoms with Crippen LogP contribution < -0.4 is 10.2 Å². The first-order valence-corrected chi connectivity index (χ1v) is 10.2. The van der Waals surface area contributed by atoms with Gasteiger partial charge < -0.3 is 15.1 Å². The smallest absolute Gasteiger partial charge is 0.353 e. The van der Waals surface area contributed by atoms with Gasteiger partial charge in [0.05, 0.1) is 5.56 Å². The molecule has 168 valence electrons. The lowest BCUT2D eigenvalue weighted by atomic mass is 9.90. The Balaban J connectivity index is 1.32. The van der Waals surface area contributed by atoms with Gasteiger partial charge in [0.2, 0.25) is 0 Å². The highest BCUT2D eigenvalue weighted by molar-refractivity contribution is 6.39. The Morgan fingerprint density at radius 3 is 2.38 bits per heavy atom. The third kappa shape index (κ3) is 4.74. The summed E-state index contributed by atoms with van der Waals surface area (Å²) in [6.45, 7) is 1.21. The van der Waals surface area contributed by atoms with E-state index < -0.39 is 23.6 Å². The van der Waals surface area contributed by atoms with Crippen LogP contribution in [-0.4, -0.2) is 53.7 Å². The number of nitrogens with zero attached hydrogens (tertiary/aromatic N) is 3. The predicted molar refractivity (Wildman–Crippen MR) is 110 cm³/mol. The molecule has 2 aromatic rings. The van der Waals surface area contributed by atoms with Gasteiger partial charge in [-0.3, -0.25) is 14.4 Å². The first-order valence-electron chi connectivity index (χ1n) is 10.2. The summed E-state index contributed by atoms with van der Waals surface area (Å²) in [5.41, 5.74) is 1.62. The van der Waals surface area contributed by atoms with Crippen LogP contribution in [0.3, 0.4) is 0 Å². The molecule has 1 aromatic carbocycles. The Morgan fingerprint density at radius 1 is 0.969 bits per heavy atom. The summed E-state index contributed by atoms with van der Waals surface area (Å²) < 4.78 is 38.0. The van der Waals surface area contributed by atoms with E-state index in [1.807, 2.05) is 0 Å². The summed E-state index contributed by atoms with van der Waals surface area (Å²) in [5, 5.41) is 2.62. The van der Waals surface area contributed by atoms with E-state index >= 15 is 0 Å². The van der Waals surface area contributed by atoms with E-state index in [0.29, 0.717) is 43.9 Å². The second-order valence-corrected chi connectivity index (χ2v) is 7.84. The fourth-order valence-corrected chi connectivity index (χ4v) is 3.89. The molecule has 0 atom stereocenters. The first-order chi connectivity index (χ1) is 15.2. The highest BCUT2D eigenvalue weighted by atomic mass is 19.4. The molecular weight excluding hydrogens is 425 g/mol. The van der Waals surface area contributed by atoms with Crippen molar-refractivity contribution in [1.29, 1.82) is 0 Å². The Labute approximate surface area is 182 Å². The van der Waals surface area contributed by atoms with Crippen molar-refractivity contribution in [2.45, 2.75) is 25.4 Å². The monoisotopic (exact) mass is 446 g/mol. The number of Topliss-reactive ketones (excluding diaryl/α,β-unsaturated/α-hetero) is 1. The van der Waals surface area contributed by atoms with Gasteiger partial charge >= 0.3 is 18.0 Å². The van der Waals surface area contributed by atoms with Crippen molar-refractivity contribution in [1.82, 2.24) is 9.88 Å². The van der Waals surface area contributed by atoms with Crippen molar-refractivity contribution in [3.63, 3.8) is 0 Å². The molecule has 2 heterocycles. The number of benzene rings is 1. The van der Waals surface area contributed by atoms with Crippen molar-refractivity contribution >= 4 is 29.1 Å². The quantitative estimate of drug-likeness (QED) is 0.717. The molecule has 7 nitrogen and oxygen atoms in total. The molecule has 32 heavy (non-hydrogen) atoms. The van der Waals surface area contributed by atoms with Crippen LogP contribution in [-0.2, 0) is 33.4 Å². The van der Waals surface area contributed by atoms with Crippen LogP contribution in [0.1, 0.15) is 23.1 Å². The molecule has 0 spiro atoms. The summed E-state index contributed by atoms with van der Waals surface area (Å²) >= 11 is 0. The standard InChI is InChI=1S/C22H21F3N4O3/c23-22(24,25)16-3-6-19(26-13-16)28-7-9-29(10-8-28)21(32)20(31)27-17-4-1-15-12-18(30)5-2-14(15)11-17/h1,3-4,6,11,13H,2,5,7-10,12H2,(H,27,31). The van der Waals surface area contributed by atoms with E-state index in [4.69, 9.17) is 0 Å². The van der Waals surface area contributed by atoms with Gasteiger partial charge in [-0.05, 0) is 41.8 Å². The SMILES string of the molecule is O=C1CCc2cc(NC(=O)C(=O)N3CCN(c4ccc(C(F)(F)F)cn4)CC3)ccc2C1. The van der Waals surface area contributed by atoms with Gasteiger partial charge in [-0.25, -0.2) is 4.98 Å². The second-order valence-electron chi connectivity index (χ2n) is 7.84. The molecular formula is C22H21F3N4O3. The summed E-state index contributed by atoms with van der Waals surface area (Å²) in [6.07, 6.45) is -2.18. The molecule has 2 amide bonds. The molecule has 1 aliphatic carbocycles. The van der Waals surface area contributed by atoms with Crippen LogP contribution in [0.2, 0.25) is 0 Å². The van der Waals surface area contributed by atoms with Crippen molar-refractivity contribution in [2.24, 2.45) is 0 Å². The van der Waals surface area contributed by atoms with Gasteiger partial charge in [-0.15, -0.1) is 0 Å². The lowest BCUT2D eigenvalue weighted by Gasteiger charge is -2.35. The normalized spacial score (nSPS) is 16.5. The number of carbonyl (C=O) groups excluding carboxylic acids is 3. The minimum absolute atomic E-state index is 0.190. The number of aromatic nitrogens is 1. The fraction of sp³-hybridized carbons (Fsp3) is 0.364. The number of aryl methyl sites for hydroxylation is 1. The first kappa shape index (κ1) is 21.8. The van der Waals surface area contributed by atoms with Crippen molar-refractivity contribution in [3.8, 4) is 0 Å². The van der Waals surface area contributed by atoms with Gasteiger partial charge in [0.15, 0.2) is 0 Å². The average molecular weight is 446 g/mol. The van der Waals surface area contributed by atoms with E-state index in [-0.39, 0.29) is 18.9 Å². The number of amides is 2. The number of pyridine rings is 1. The van der Waals surface area contributed by atoms with Crippen molar-refractivity contribution < 1.29 is 27.6 Å². The number of hydrogen-bond donors (Lipinski definition) is 1. The maximum absolute atomic E-state index is 12.7. The lowest BCUT2D eigenvalue weighted by molar-refractivity contribution is -0.143. The number of alkyl halides is 3. The van der Waals surface area contributed by atoms with E-state index in [1.165, 1.54) is 11.0 Å². The third-order valence-electron chi connectivity index (χ3n) is 5.69. The van der Waals surface area contributed by atoms with E-state index in [0.717, 1.165) is 23.4 Å². The molecule has 10 heteroatoms. The Hall–Kier alpha value is -3.43. The minimum atomic E-state index is -4.44.